The van der Waals surface area contributed by atoms with Crippen molar-refractivity contribution in [1.82, 2.24) is 0 Å². The summed E-state index contributed by atoms with van der Waals surface area (Å²) in [6.45, 7) is 0. The molecule has 1 aromatic carbocycles. The molecule has 1 rings (SSSR count). The molecule has 0 radical (unpaired) electrons. The smallest absolute Gasteiger partial charge is 0.165 e. The maximum absolute atomic E-state index is 13.0. The molecule has 66 valence electrons. The molecule has 0 saturated carbocycles. The SMILES string of the molecule is COc1ccc(CSC)cc1F. The molecule has 0 aliphatic heterocycles. The van der Waals surface area contributed by atoms with Crippen molar-refractivity contribution in [2.24, 2.45) is 0 Å². The highest BCUT2D eigenvalue weighted by Gasteiger charge is 2.01. The summed E-state index contributed by atoms with van der Waals surface area (Å²) >= 11 is 1.67. The van der Waals surface area contributed by atoms with Crippen molar-refractivity contribution in [2.45, 2.75) is 5.75 Å². The van der Waals surface area contributed by atoms with E-state index in [0.29, 0.717) is 5.75 Å². The molecule has 1 aromatic rings. The molecule has 12 heavy (non-hydrogen) atoms. The third kappa shape index (κ3) is 2.14. The molecule has 0 saturated heterocycles. The minimum Gasteiger partial charge on any atom is -0.494 e. The average molecular weight is 186 g/mol. The largest absolute Gasteiger partial charge is 0.494 e. The van der Waals surface area contributed by atoms with Gasteiger partial charge in [0.2, 0.25) is 0 Å². The zero-order chi connectivity index (χ0) is 8.97. The second-order valence-electron chi connectivity index (χ2n) is 2.40. The van der Waals surface area contributed by atoms with E-state index in [0.717, 1.165) is 11.3 Å². The van der Waals surface area contributed by atoms with Crippen LogP contribution >= 0.6 is 11.8 Å². The first-order chi connectivity index (χ1) is 5.77. The molecular weight excluding hydrogens is 175 g/mol. The van der Waals surface area contributed by atoms with Crippen molar-refractivity contribution in [2.75, 3.05) is 13.4 Å². The van der Waals surface area contributed by atoms with Gasteiger partial charge in [0.05, 0.1) is 7.11 Å². The van der Waals surface area contributed by atoms with Crippen molar-refractivity contribution in [3.63, 3.8) is 0 Å². The van der Waals surface area contributed by atoms with Crippen molar-refractivity contribution in [3.8, 4) is 5.75 Å². The van der Waals surface area contributed by atoms with E-state index in [1.807, 2.05) is 12.3 Å². The molecule has 0 aliphatic carbocycles. The first-order valence-electron chi connectivity index (χ1n) is 3.59. The maximum Gasteiger partial charge on any atom is 0.165 e. The third-order valence-corrected chi connectivity index (χ3v) is 2.15. The fraction of sp³-hybridized carbons (Fsp3) is 0.333. The number of thioether (sulfide) groups is 1. The summed E-state index contributed by atoms with van der Waals surface area (Å²) in [6.07, 6.45) is 1.99. The summed E-state index contributed by atoms with van der Waals surface area (Å²) < 4.78 is 17.8. The lowest BCUT2D eigenvalue weighted by Crippen LogP contribution is -1.89. The monoisotopic (exact) mass is 186 g/mol. The number of hydrogen-bond acceptors (Lipinski definition) is 2. The number of halogens is 1. The fourth-order valence-corrected chi connectivity index (χ4v) is 1.48. The van der Waals surface area contributed by atoms with Gasteiger partial charge in [0.1, 0.15) is 0 Å². The fourth-order valence-electron chi connectivity index (χ4n) is 0.966. The van der Waals surface area contributed by atoms with Gasteiger partial charge in [0, 0.05) is 5.75 Å². The lowest BCUT2D eigenvalue weighted by Gasteiger charge is -2.03. The third-order valence-electron chi connectivity index (χ3n) is 1.53. The molecule has 0 atom stereocenters. The minimum atomic E-state index is -0.288. The molecular formula is C9H11FOS. The Morgan fingerprint density at radius 3 is 2.75 bits per heavy atom. The zero-order valence-corrected chi connectivity index (χ0v) is 7.95. The van der Waals surface area contributed by atoms with E-state index in [4.69, 9.17) is 4.74 Å². The molecule has 0 aliphatic rings. The van der Waals surface area contributed by atoms with Gasteiger partial charge in [-0.25, -0.2) is 4.39 Å². The first-order valence-corrected chi connectivity index (χ1v) is 4.98. The Hall–Kier alpha value is -0.700. The summed E-state index contributed by atoms with van der Waals surface area (Å²) in [7, 11) is 1.46. The molecule has 1 nitrogen and oxygen atoms in total. The van der Waals surface area contributed by atoms with Crippen LogP contribution in [0.1, 0.15) is 5.56 Å². The van der Waals surface area contributed by atoms with Crippen LogP contribution in [0, 0.1) is 5.82 Å². The lowest BCUT2D eigenvalue weighted by molar-refractivity contribution is 0.386. The van der Waals surface area contributed by atoms with Crippen LogP contribution in [-0.2, 0) is 5.75 Å². The lowest BCUT2D eigenvalue weighted by atomic mass is 10.2. The molecule has 0 N–H and O–H groups in total. The number of ether oxygens (including phenoxy) is 1. The number of methoxy groups -OCH3 is 1. The molecule has 3 heteroatoms. The van der Waals surface area contributed by atoms with Gasteiger partial charge in [-0.05, 0) is 24.0 Å². The van der Waals surface area contributed by atoms with Gasteiger partial charge in [-0.1, -0.05) is 6.07 Å². The first kappa shape index (κ1) is 9.39. The number of hydrogen-bond donors (Lipinski definition) is 0. The predicted octanol–water partition coefficient (Wildman–Crippen LogP) is 2.70. The van der Waals surface area contributed by atoms with Crippen LogP contribution < -0.4 is 4.74 Å². The van der Waals surface area contributed by atoms with Crippen molar-refractivity contribution < 1.29 is 9.13 Å². The molecule has 0 heterocycles. The van der Waals surface area contributed by atoms with Crippen LogP contribution in [0.5, 0.6) is 5.75 Å². The van der Waals surface area contributed by atoms with Crippen molar-refractivity contribution in [3.05, 3.63) is 29.6 Å². The Balaban J connectivity index is 2.86. The average Bonchev–Trinajstić information content (AvgIpc) is 2.05. The predicted molar refractivity (Wildman–Crippen MR) is 50.2 cm³/mol. The van der Waals surface area contributed by atoms with Crippen LogP contribution in [0.4, 0.5) is 4.39 Å². The topological polar surface area (TPSA) is 9.23 Å². The van der Waals surface area contributed by atoms with Crippen LogP contribution in [0.2, 0.25) is 0 Å². The Bertz CT molecular complexity index is 263. The van der Waals surface area contributed by atoms with Crippen LogP contribution in [-0.4, -0.2) is 13.4 Å². The van der Waals surface area contributed by atoms with E-state index < -0.39 is 0 Å². The second-order valence-corrected chi connectivity index (χ2v) is 3.27. The zero-order valence-electron chi connectivity index (χ0n) is 7.13. The van der Waals surface area contributed by atoms with Crippen LogP contribution in [0.25, 0.3) is 0 Å². The second kappa shape index (κ2) is 4.36. The molecule has 0 spiro atoms. The van der Waals surface area contributed by atoms with Crippen LogP contribution in [0.3, 0.4) is 0 Å². The Kier molecular flexibility index (Phi) is 3.41. The van der Waals surface area contributed by atoms with Gasteiger partial charge < -0.3 is 4.74 Å². The highest BCUT2D eigenvalue weighted by molar-refractivity contribution is 7.97. The van der Waals surface area contributed by atoms with Gasteiger partial charge in [0.15, 0.2) is 11.6 Å². The summed E-state index contributed by atoms with van der Waals surface area (Å²) in [5, 5.41) is 0. The number of benzene rings is 1. The molecule has 0 aromatic heterocycles. The van der Waals surface area contributed by atoms with Crippen LogP contribution in [0.15, 0.2) is 18.2 Å². The highest BCUT2D eigenvalue weighted by Crippen LogP contribution is 2.19. The van der Waals surface area contributed by atoms with E-state index in [-0.39, 0.29) is 5.82 Å². The van der Waals surface area contributed by atoms with E-state index in [1.165, 1.54) is 13.2 Å². The summed E-state index contributed by atoms with van der Waals surface area (Å²) in [4.78, 5) is 0. The van der Waals surface area contributed by atoms with Gasteiger partial charge in [0.25, 0.3) is 0 Å². The van der Waals surface area contributed by atoms with E-state index in [1.54, 1.807) is 17.8 Å². The van der Waals surface area contributed by atoms with Gasteiger partial charge in [-0.15, -0.1) is 0 Å². The Morgan fingerprint density at radius 2 is 2.25 bits per heavy atom. The van der Waals surface area contributed by atoms with Gasteiger partial charge in [-0.3, -0.25) is 0 Å². The Morgan fingerprint density at radius 1 is 1.50 bits per heavy atom. The van der Waals surface area contributed by atoms with E-state index in [9.17, 15) is 4.39 Å². The van der Waals surface area contributed by atoms with E-state index in [2.05, 4.69) is 0 Å². The van der Waals surface area contributed by atoms with E-state index >= 15 is 0 Å². The molecule has 0 amide bonds. The van der Waals surface area contributed by atoms with Gasteiger partial charge in [-0.2, -0.15) is 11.8 Å². The molecule has 0 bridgehead atoms. The van der Waals surface area contributed by atoms with Crippen molar-refractivity contribution in [1.29, 1.82) is 0 Å². The van der Waals surface area contributed by atoms with Crippen molar-refractivity contribution >= 4 is 11.8 Å². The van der Waals surface area contributed by atoms with Gasteiger partial charge >= 0.3 is 0 Å². The quantitative estimate of drug-likeness (QED) is 0.717. The normalized spacial score (nSPS) is 9.92. The summed E-state index contributed by atoms with van der Waals surface area (Å²) in [5.74, 6) is 0.852. The molecule has 0 fully saturated rings. The maximum atomic E-state index is 13.0. The standard InChI is InChI=1S/C9H11FOS/c1-11-9-4-3-7(6-12-2)5-8(9)10/h3-5H,6H2,1-2H3. The minimum absolute atomic E-state index is 0.288. The summed E-state index contributed by atoms with van der Waals surface area (Å²) in [6, 6.07) is 5.04. The number of rotatable bonds is 3. The summed E-state index contributed by atoms with van der Waals surface area (Å²) in [5.41, 5.74) is 0.987. The highest BCUT2D eigenvalue weighted by atomic mass is 32.2. The Labute approximate surface area is 75.9 Å². The molecule has 0 unspecified atom stereocenters.